The predicted molar refractivity (Wildman–Crippen MR) is 48.8 cm³/mol. The van der Waals surface area contributed by atoms with Crippen LogP contribution >= 0.6 is 0 Å². The Labute approximate surface area is 74.6 Å². The number of rotatable bonds is 1. The molecule has 12 heavy (non-hydrogen) atoms. The van der Waals surface area contributed by atoms with E-state index in [2.05, 4.69) is 6.92 Å². The molecule has 0 aromatic heterocycles. The predicted octanol–water partition coefficient (Wildman–Crippen LogP) is 1.55. The molecule has 3 atom stereocenters. The third kappa shape index (κ3) is 2.20. The van der Waals surface area contributed by atoms with Crippen LogP contribution in [0.2, 0.25) is 0 Å². The maximum Gasteiger partial charge on any atom is 0.0644 e. The summed E-state index contributed by atoms with van der Waals surface area (Å²) in [6.45, 7) is 5.73. The molecule has 72 valence electrons. The summed E-state index contributed by atoms with van der Waals surface area (Å²) in [5.74, 6) is 0.673. The van der Waals surface area contributed by atoms with Gasteiger partial charge >= 0.3 is 0 Å². The molecule has 0 saturated heterocycles. The molecule has 0 bridgehead atoms. The molecule has 0 aliphatic heterocycles. The SMILES string of the molecule is CC1CC[C@@H](C(C)(C)O)[C@@H](O)C1. The van der Waals surface area contributed by atoms with Gasteiger partial charge in [0.15, 0.2) is 0 Å². The van der Waals surface area contributed by atoms with Gasteiger partial charge in [0.05, 0.1) is 11.7 Å². The summed E-state index contributed by atoms with van der Waals surface area (Å²) in [4.78, 5) is 0. The minimum absolute atomic E-state index is 0.0636. The van der Waals surface area contributed by atoms with E-state index < -0.39 is 5.60 Å². The molecule has 0 radical (unpaired) electrons. The lowest BCUT2D eigenvalue weighted by atomic mass is 9.73. The van der Waals surface area contributed by atoms with Gasteiger partial charge in [-0.3, -0.25) is 0 Å². The van der Waals surface area contributed by atoms with Gasteiger partial charge in [-0.15, -0.1) is 0 Å². The van der Waals surface area contributed by atoms with Crippen LogP contribution in [0.15, 0.2) is 0 Å². The van der Waals surface area contributed by atoms with Crippen LogP contribution in [-0.4, -0.2) is 21.9 Å². The second kappa shape index (κ2) is 3.35. The third-order valence-corrected chi connectivity index (χ3v) is 2.99. The molecule has 2 N–H and O–H groups in total. The van der Waals surface area contributed by atoms with Crippen LogP contribution in [0.25, 0.3) is 0 Å². The Morgan fingerprint density at radius 3 is 2.25 bits per heavy atom. The first kappa shape index (κ1) is 10.0. The molecule has 0 amide bonds. The van der Waals surface area contributed by atoms with Crippen LogP contribution in [0.1, 0.15) is 40.0 Å². The summed E-state index contributed by atoms with van der Waals surface area (Å²) in [5, 5.41) is 19.5. The second-order valence-electron chi connectivity index (χ2n) is 4.75. The van der Waals surface area contributed by atoms with Crippen LogP contribution in [0, 0.1) is 11.8 Å². The highest BCUT2D eigenvalue weighted by atomic mass is 16.3. The molecule has 0 aromatic carbocycles. The Bertz CT molecular complexity index is 148. The quantitative estimate of drug-likeness (QED) is 0.630. The van der Waals surface area contributed by atoms with E-state index in [0.717, 1.165) is 19.3 Å². The number of hydrogen-bond donors (Lipinski definition) is 2. The van der Waals surface area contributed by atoms with Crippen LogP contribution in [0.3, 0.4) is 0 Å². The lowest BCUT2D eigenvalue weighted by Crippen LogP contribution is -2.42. The zero-order chi connectivity index (χ0) is 9.35. The smallest absolute Gasteiger partial charge is 0.0644 e. The zero-order valence-electron chi connectivity index (χ0n) is 8.25. The first-order valence-electron chi connectivity index (χ1n) is 4.81. The summed E-state index contributed by atoms with van der Waals surface area (Å²) < 4.78 is 0. The van der Waals surface area contributed by atoms with Crippen LogP contribution < -0.4 is 0 Å². The summed E-state index contributed by atoms with van der Waals surface area (Å²) >= 11 is 0. The van der Waals surface area contributed by atoms with E-state index >= 15 is 0 Å². The van der Waals surface area contributed by atoms with E-state index in [1.165, 1.54) is 0 Å². The van der Waals surface area contributed by atoms with Gasteiger partial charge in [0.25, 0.3) is 0 Å². The number of aliphatic hydroxyl groups excluding tert-OH is 1. The van der Waals surface area contributed by atoms with Crippen LogP contribution in [-0.2, 0) is 0 Å². The number of aliphatic hydroxyl groups is 2. The molecule has 1 aliphatic carbocycles. The molecular formula is C10H20O2. The second-order valence-corrected chi connectivity index (χ2v) is 4.75. The van der Waals surface area contributed by atoms with Crippen molar-refractivity contribution in [1.29, 1.82) is 0 Å². The first-order valence-corrected chi connectivity index (χ1v) is 4.81. The van der Waals surface area contributed by atoms with Gasteiger partial charge in [-0.05, 0) is 32.6 Å². The van der Waals surface area contributed by atoms with Crippen molar-refractivity contribution in [1.82, 2.24) is 0 Å². The van der Waals surface area contributed by atoms with Crippen molar-refractivity contribution in [2.75, 3.05) is 0 Å². The maximum absolute atomic E-state index is 9.74. The van der Waals surface area contributed by atoms with Crippen molar-refractivity contribution in [2.24, 2.45) is 11.8 Å². The van der Waals surface area contributed by atoms with Gasteiger partial charge in [0.1, 0.15) is 0 Å². The largest absolute Gasteiger partial charge is 0.393 e. The van der Waals surface area contributed by atoms with E-state index in [1.807, 2.05) is 0 Å². The fourth-order valence-corrected chi connectivity index (χ4v) is 2.17. The van der Waals surface area contributed by atoms with E-state index in [-0.39, 0.29) is 12.0 Å². The minimum atomic E-state index is -0.723. The molecule has 1 aliphatic rings. The highest BCUT2D eigenvalue weighted by Crippen LogP contribution is 2.35. The fourth-order valence-electron chi connectivity index (χ4n) is 2.17. The fraction of sp³-hybridized carbons (Fsp3) is 1.00. The topological polar surface area (TPSA) is 40.5 Å². The van der Waals surface area contributed by atoms with Gasteiger partial charge in [-0.2, -0.15) is 0 Å². The van der Waals surface area contributed by atoms with E-state index in [0.29, 0.717) is 5.92 Å². The van der Waals surface area contributed by atoms with E-state index in [1.54, 1.807) is 13.8 Å². The van der Waals surface area contributed by atoms with Crippen molar-refractivity contribution in [3.63, 3.8) is 0 Å². The Morgan fingerprint density at radius 2 is 1.83 bits per heavy atom. The van der Waals surface area contributed by atoms with Crippen LogP contribution in [0.4, 0.5) is 0 Å². The molecule has 1 unspecified atom stereocenters. The summed E-state index contributed by atoms with van der Waals surface area (Å²) in [6, 6.07) is 0. The van der Waals surface area contributed by atoms with Crippen molar-refractivity contribution in [3.05, 3.63) is 0 Å². The molecule has 0 spiro atoms. The Balaban J connectivity index is 2.57. The maximum atomic E-state index is 9.74. The van der Waals surface area contributed by atoms with Gasteiger partial charge < -0.3 is 10.2 Å². The van der Waals surface area contributed by atoms with Crippen molar-refractivity contribution in [3.8, 4) is 0 Å². The number of hydrogen-bond acceptors (Lipinski definition) is 2. The molecule has 2 nitrogen and oxygen atoms in total. The van der Waals surface area contributed by atoms with E-state index in [4.69, 9.17) is 0 Å². The zero-order valence-corrected chi connectivity index (χ0v) is 8.25. The molecule has 1 rings (SSSR count). The van der Waals surface area contributed by atoms with Gasteiger partial charge in [0.2, 0.25) is 0 Å². The van der Waals surface area contributed by atoms with Crippen molar-refractivity contribution < 1.29 is 10.2 Å². The normalized spacial score (nSPS) is 38.2. The molecule has 0 aromatic rings. The van der Waals surface area contributed by atoms with E-state index in [9.17, 15) is 10.2 Å². The Kier molecular flexibility index (Phi) is 2.79. The Hall–Kier alpha value is -0.0800. The monoisotopic (exact) mass is 172 g/mol. The standard InChI is InChI=1S/C10H20O2/c1-7-4-5-8(9(11)6-7)10(2,3)12/h7-9,11-12H,4-6H2,1-3H3/t7?,8-,9+/m1/s1. The van der Waals surface area contributed by atoms with Crippen LogP contribution in [0.5, 0.6) is 0 Å². The summed E-state index contributed by atoms with van der Waals surface area (Å²) in [7, 11) is 0. The lowest BCUT2D eigenvalue weighted by molar-refractivity contribution is -0.0730. The summed E-state index contributed by atoms with van der Waals surface area (Å²) in [5.41, 5.74) is -0.723. The van der Waals surface area contributed by atoms with Gasteiger partial charge in [0, 0.05) is 5.92 Å². The molecular weight excluding hydrogens is 152 g/mol. The molecule has 0 heterocycles. The first-order chi connectivity index (χ1) is 5.41. The average molecular weight is 172 g/mol. The summed E-state index contributed by atoms with van der Waals surface area (Å²) in [6.07, 6.45) is 2.61. The molecule has 1 saturated carbocycles. The van der Waals surface area contributed by atoms with Crippen molar-refractivity contribution >= 4 is 0 Å². The molecule has 1 fully saturated rings. The highest BCUT2D eigenvalue weighted by molar-refractivity contribution is 4.87. The molecule has 2 heteroatoms. The van der Waals surface area contributed by atoms with Gasteiger partial charge in [-0.25, -0.2) is 0 Å². The van der Waals surface area contributed by atoms with Gasteiger partial charge in [-0.1, -0.05) is 13.3 Å². The highest BCUT2D eigenvalue weighted by Gasteiger charge is 2.36. The van der Waals surface area contributed by atoms with Crippen molar-refractivity contribution in [2.45, 2.75) is 51.7 Å². The Morgan fingerprint density at radius 1 is 1.25 bits per heavy atom. The average Bonchev–Trinajstić information content (AvgIpc) is 1.83. The lowest BCUT2D eigenvalue weighted by Gasteiger charge is -2.38. The third-order valence-electron chi connectivity index (χ3n) is 2.99. The minimum Gasteiger partial charge on any atom is -0.393 e.